The molecule has 26 heavy (non-hydrogen) atoms. The molecule has 1 fully saturated rings. The molecule has 0 saturated carbocycles. The number of aliphatic hydroxyl groups excluding tert-OH is 1. The first-order valence-corrected chi connectivity index (χ1v) is 10.1. The van der Waals surface area contributed by atoms with Crippen LogP contribution in [-0.2, 0) is 19.7 Å². The van der Waals surface area contributed by atoms with E-state index in [0.29, 0.717) is 5.69 Å². The molecule has 1 aliphatic heterocycles. The van der Waals surface area contributed by atoms with Gasteiger partial charge in [-0.2, -0.15) is 8.42 Å². The fourth-order valence-electron chi connectivity index (χ4n) is 3.62. The SMILES string of the molecule is CC(C)(C)C1[C@H](O)[C@@](COS(C)(=O)=O)(c2ccccn2)CCN1C(=O)O. The summed E-state index contributed by atoms with van der Waals surface area (Å²) in [6.07, 6.45) is 0.380. The van der Waals surface area contributed by atoms with Crippen molar-refractivity contribution >= 4 is 16.2 Å². The topological polar surface area (TPSA) is 117 Å². The average molecular weight is 386 g/mol. The van der Waals surface area contributed by atoms with Crippen molar-refractivity contribution in [2.24, 2.45) is 5.41 Å². The number of pyridine rings is 1. The molecule has 2 heterocycles. The summed E-state index contributed by atoms with van der Waals surface area (Å²) in [4.78, 5) is 17.2. The Morgan fingerprint density at radius 3 is 2.54 bits per heavy atom. The fourth-order valence-corrected chi connectivity index (χ4v) is 4.04. The standard InChI is InChI=1S/C17H26N2O6S/c1-16(2,3)13-14(20)17(11-25-26(4,23)24,8-10-19(13)15(21)22)12-7-5-6-9-18-12/h5-7,9,13-14,20H,8,10-11H2,1-4H3,(H,21,22)/t13?,14-,17-/m0/s1. The number of likely N-dealkylation sites (tertiary alicyclic amines) is 1. The Kier molecular flexibility index (Phi) is 5.65. The van der Waals surface area contributed by atoms with Crippen LogP contribution in [0.3, 0.4) is 0 Å². The molecule has 0 radical (unpaired) electrons. The van der Waals surface area contributed by atoms with Crippen molar-refractivity contribution in [2.75, 3.05) is 19.4 Å². The van der Waals surface area contributed by atoms with E-state index in [1.807, 2.05) is 20.8 Å². The van der Waals surface area contributed by atoms with Crippen LogP contribution in [0.25, 0.3) is 0 Å². The largest absolute Gasteiger partial charge is 0.465 e. The number of hydrogen-bond donors (Lipinski definition) is 2. The highest BCUT2D eigenvalue weighted by atomic mass is 32.2. The first-order chi connectivity index (χ1) is 11.9. The number of aliphatic hydroxyl groups is 1. The van der Waals surface area contributed by atoms with Crippen LogP contribution in [0.5, 0.6) is 0 Å². The summed E-state index contributed by atoms with van der Waals surface area (Å²) < 4.78 is 28.2. The molecular weight excluding hydrogens is 360 g/mol. The van der Waals surface area contributed by atoms with Crippen LogP contribution < -0.4 is 0 Å². The predicted octanol–water partition coefficient (Wildman–Crippen LogP) is 1.45. The first-order valence-electron chi connectivity index (χ1n) is 8.32. The van der Waals surface area contributed by atoms with Crippen molar-refractivity contribution < 1.29 is 27.6 Å². The van der Waals surface area contributed by atoms with Gasteiger partial charge in [0, 0.05) is 12.7 Å². The maximum Gasteiger partial charge on any atom is 0.407 e. The molecule has 1 amide bonds. The van der Waals surface area contributed by atoms with Gasteiger partial charge < -0.3 is 15.1 Å². The predicted molar refractivity (Wildman–Crippen MR) is 95.3 cm³/mol. The monoisotopic (exact) mass is 386 g/mol. The number of piperidine rings is 1. The second-order valence-electron chi connectivity index (χ2n) is 7.82. The number of nitrogens with zero attached hydrogens (tertiary/aromatic N) is 2. The molecule has 1 aromatic heterocycles. The van der Waals surface area contributed by atoms with Crippen LogP contribution in [0.15, 0.2) is 24.4 Å². The molecule has 1 unspecified atom stereocenters. The molecule has 0 spiro atoms. The molecule has 3 atom stereocenters. The molecule has 1 aliphatic rings. The van der Waals surface area contributed by atoms with Crippen molar-refractivity contribution in [1.82, 2.24) is 9.88 Å². The molecule has 8 nitrogen and oxygen atoms in total. The third-order valence-corrected chi connectivity index (χ3v) is 5.38. The van der Waals surface area contributed by atoms with Crippen LogP contribution in [-0.4, -0.2) is 66.2 Å². The van der Waals surface area contributed by atoms with E-state index in [4.69, 9.17) is 4.18 Å². The smallest absolute Gasteiger partial charge is 0.407 e. The van der Waals surface area contributed by atoms with E-state index >= 15 is 0 Å². The Morgan fingerprint density at radius 2 is 2.08 bits per heavy atom. The number of aromatic nitrogens is 1. The van der Waals surface area contributed by atoms with E-state index in [-0.39, 0.29) is 19.6 Å². The number of rotatable bonds is 4. The third kappa shape index (κ3) is 4.16. The lowest BCUT2D eigenvalue weighted by molar-refractivity contribution is -0.0896. The third-order valence-electron chi connectivity index (χ3n) is 4.84. The van der Waals surface area contributed by atoms with E-state index in [1.165, 1.54) is 4.90 Å². The highest BCUT2D eigenvalue weighted by Gasteiger charge is 2.55. The van der Waals surface area contributed by atoms with Gasteiger partial charge in [-0.15, -0.1) is 0 Å². The maximum atomic E-state index is 11.7. The van der Waals surface area contributed by atoms with Crippen molar-refractivity contribution in [3.63, 3.8) is 0 Å². The fraction of sp³-hybridized carbons (Fsp3) is 0.647. The highest BCUT2D eigenvalue weighted by molar-refractivity contribution is 7.85. The lowest BCUT2D eigenvalue weighted by atomic mass is 9.65. The van der Waals surface area contributed by atoms with Gasteiger partial charge in [-0.3, -0.25) is 9.17 Å². The molecule has 0 bridgehead atoms. The Labute approximate surface area is 153 Å². The summed E-state index contributed by atoms with van der Waals surface area (Å²) in [5, 5.41) is 20.8. The minimum atomic E-state index is -3.74. The zero-order valence-corrected chi connectivity index (χ0v) is 16.2. The Hall–Kier alpha value is -1.71. The van der Waals surface area contributed by atoms with Crippen molar-refractivity contribution in [3.8, 4) is 0 Å². The Balaban J connectivity index is 2.55. The minimum Gasteiger partial charge on any atom is -0.465 e. The lowest BCUT2D eigenvalue weighted by Crippen LogP contribution is -2.66. The van der Waals surface area contributed by atoms with Gasteiger partial charge in [0.25, 0.3) is 10.1 Å². The van der Waals surface area contributed by atoms with Gasteiger partial charge in [0.15, 0.2) is 0 Å². The second-order valence-corrected chi connectivity index (χ2v) is 9.46. The molecule has 9 heteroatoms. The van der Waals surface area contributed by atoms with Crippen LogP contribution >= 0.6 is 0 Å². The number of amides is 1. The number of carboxylic acid groups (broad SMARTS) is 1. The first kappa shape index (κ1) is 20.6. The molecule has 0 aromatic carbocycles. The van der Waals surface area contributed by atoms with Gasteiger partial charge in [-0.05, 0) is 24.0 Å². The van der Waals surface area contributed by atoms with E-state index in [0.717, 1.165) is 6.26 Å². The summed E-state index contributed by atoms with van der Waals surface area (Å²) >= 11 is 0. The Bertz CT molecular complexity index is 746. The van der Waals surface area contributed by atoms with Gasteiger partial charge >= 0.3 is 6.09 Å². The highest BCUT2D eigenvalue weighted by Crippen LogP contribution is 2.43. The quantitative estimate of drug-likeness (QED) is 0.752. The van der Waals surface area contributed by atoms with Gasteiger partial charge in [-0.25, -0.2) is 4.79 Å². The number of hydrogen-bond acceptors (Lipinski definition) is 6. The van der Waals surface area contributed by atoms with Crippen LogP contribution in [0, 0.1) is 5.41 Å². The van der Waals surface area contributed by atoms with E-state index in [9.17, 15) is 23.4 Å². The number of carbonyl (C=O) groups is 1. The molecule has 1 saturated heterocycles. The molecule has 2 rings (SSSR count). The molecule has 146 valence electrons. The summed E-state index contributed by atoms with van der Waals surface area (Å²) in [6.45, 7) is 5.34. The molecule has 1 aromatic rings. The van der Waals surface area contributed by atoms with Crippen LogP contribution in [0.1, 0.15) is 32.9 Å². The summed E-state index contributed by atoms with van der Waals surface area (Å²) in [5.74, 6) is 0. The summed E-state index contributed by atoms with van der Waals surface area (Å²) in [7, 11) is -3.74. The zero-order chi connectivity index (χ0) is 19.8. The van der Waals surface area contributed by atoms with Gasteiger partial charge in [0.2, 0.25) is 0 Å². The van der Waals surface area contributed by atoms with Crippen LogP contribution in [0.4, 0.5) is 4.79 Å². The van der Waals surface area contributed by atoms with E-state index in [2.05, 4.69) is 4.98 Å². The lowest BCUT2D eigenvalue weighted by Gasteiger charge is -2.53. The average Bonchev–Trinajstić information content (AvgIpc) is 2.52. The molecular formula is C17H26N2O6S. The van der Waals surface area contributed by atoms with Crippen molar-refractivity contribution in [2.45, 2.75) is 44.8 Å². The van der Waals surface area contributed by atoms with Gasteiger partial charge in [-0.1, -0.05) is 26.8 Å². The van der Waals surface area contributed by atoms with Crippen molar-refractivity contribution in [1.29, 1.82) is 0 Å². The Morgan fingerprint density at radius 1 is 1.42 bits per heavy atom. The second kappa shape index (κ2) is 7.13. The normalized spacial score (nSPS) is 27.3. The van der Waals surface area contributed by atoms with Crippen LogP contribution in [0.2, 0.25) is 0 Å². The molecule has 2 N–H and O–H groups in total. The van der Waals surface area contributed by atoms with Crippen molar-refractivity contribution in [3.05, 3.63) is 30.1 Å². The van der Waals surface area contributed by atoms with Gasteiger partial charge in [0.1, 0.15) is 0 Å². The minimum absolute atomic E-state index is 0.137. The van der Waals surface area contributed by atoms with E-state index < -0.39 is 39.2 Å². The molecule has 0 aliphatic carbocycles. The summed E-state index contributed by atoms with van der Waals surface area (Å²) in [5.41, 5.74) is -1.23. The van der Waals surface area contributed by atoms with E-state index in [1.54, 1.807) is 24.4 Å². The zero-order valence-electron chi connectivity index (χ0n) is 15.4. The van der Waals surface area contributed by atoms with Gasteiger partial charge in [0.05, 0.1) is 36.1 Å². The maximum absolute atomic E-state index is 11.7. The summed E-state index contributed by atoms with van der Waals surface area (Å²) in [6, 6.07) is 4.41.